The molecule has 0 bridgehead atoms. The van der Waals surface area contributed by atoms with E-state index in [4.69, 9.17) is 0 Å². The lowest BCUT2D eigenvalue weighted by Crippen LogP contribution is -2.33. The zero-order chi connectivity index (χ0) is 20.9. The number of fused-ring (bicyclic) bond motifs is 1. The first-order chi connectivity index (χ1) is 13.9. The van der Waals surface area contributed by atoms with Crippen LogP contribution < -0.4 is 5.32 Å². The van der Waals surface area contributed by atoms with Crippen LogP contribution in [0.4, 0.5) is 0 Å². The van der Waals surface area contributed by atoms with E-state index in [1.807, 2.05) is 0 Å². The third kappa shape index (κ3) is 5.52. The van der Waals surface area contributed by atoms with Crippen LogP contribution in [0.3, 0.4) is 0 Å². The molecule has 0 aliphatic carbocycles. The van der Waals surface area contributed by atoms with E-state index in [1.54, 1.807) is 10.7 Å². The smallest absolute Gasteiger partial charge is 0.242 e. The average molecular weight is 423 g/mol. The number of hydrogen-bond acceptors (Lipinski definition) is 6. The van der Waals surface area contributed by atoms with Crippen molar-refractivity contribution < 1.29 is 13.2 Å². The number of carbonyl (C=O) groups is 1. The van der Waals surface area contributed by atoms with Crippen molar-refractivity contribution in [2.45, 2.75) is 43.5 Å². The van der Waals surface area contributed by atoms with Gasteiger partial charge in [0.25, 0.3) is 0 Å². The number of sulfonamides is 1. The van der Waals surface area contributed by atoms with Crippen LogP contribution in [0.2, 0.25) is 0 Å². The van der Waals surface area contributed by atoms with E-state index in [0.29, 0.717) is 30.5 Å². The number of hydrogen-bond donors (Lipinski definition) is 1. The fourth-order valence-electron chi connectivity index (χ4n) is 3.50. The molecule has 160 valence electrons. The van der Waals surface area contributed by atoms with Gasteiger partial charge in [-0.15, -0.1) is 5.10 Å². The first-order valence-electron chi connectivity index (χ1n) is 10.1. The third-order valence-corrected chi connectivity index (χ3v) is 7.05. The lowest BCUT2D eigenvalue weighted by Gasteiger charge is -2.26. The van der Waals surface area contributed by atoms with E-state index >= 15 is 0 Å². The Labute approximate surface area is 172 Å². The molecule has 1 aromatic heterocycles. The summed E-state index contributed by atoms with van der Waals surface area (Å²) < 4.78 is 27.3. The number of rotatable bonds is 9. The Hall–Kier alpha value is -2.04. The Morgan fingerprint density at radius 1 is 1.17 bits per heavy atom. The van der Waals surface area contributed by atoms with Gasteiger partial charge in [-0.1, -0.05) is 11.6 Å². The van der Waals surface area contributed by atoms with E-state index in [9.17, 15) is 13.2 Å². The molecule has 1 saturated heterocycles. The zero-order valence-electron chi connectivity index (χ0n) is 17.2. The molecule has 0 radical (unpaired) electrons. The van der Waals surface area contributed by atoms with Gasteiger partial charge < -0.3 is 10.2 Å². The third-order valence-electron chi connectivity index (χ3n) is 5.24. The molecule has 1 fully saturated rings. The van der Waals surface area contributed by atoms with Crippen LogP contribution in [0.1, 0.15) is 32.1 Å². The molecule has 1 aliphatic heterocycles. The normalized spacial score (nSPS) is 15.8. The number of nitrogens with zero attached hydrogens (tertiary/aromatic N) is 5. The number of aromatic nitrogens is 3. The second-order valence-electron chi connectivity index (χ2n) is 7.61. The van der Waals surface area contributed by atoms with E-state index in [-0.39, 0.29) is 10.8 Å². The summed E-state index contributed by atoms with van der Waals surface area (Å²) in [5.41, 5.74) is 1.20. The van der Waals surface area contributed by atoms with Crippen LogP contribution in [0.5, 0.6) is 0 Å². The van der Waals surface area contributed by atoms with Crippen LogP contribution >= 0.6 is 0 Å². The molecular weight excluding hydrogens is 392 g/mol. The second-order valence-corrected chi connectivity index (χ2v) is 9.76. The summed E-state index contributed by atoms with van der Waals surface area (Å²) in [6.07, 6.45) is 5.15. The van der Waals surface area contributed by atoms with Gasteiger partial charge in [0.1, 0.15) is 5.52 Å². The quantitative estimate of drug-likeness (QED) is 0.607. The molecule has 29 heavy (non-hydrogen) atoms. The lowest BCUT2D eigenvalue weighted by atomic mass is 10.1. The number of aryl methyl sites for hydroxylation is 1. The van der Waals surface area contributed by atoms with Crippen molar-refractivity contribution >= 4 is 27.0 Å². The second kappa shape index (κ2) is 9.64. The summed E-state index contributed by atoms with van der Waals surface area (Å²) in [7, 11) is -0.542. The summed E-state index contributed by atoms with van der Waals surface area (Å²) >= 11 is 0. The molecule has 1 aliphatic rings. The molecule has 1 N–H and O–H groups in total. The molecule has 2 aromatic rings. The van der Waals surface area contributed by atoms with Crippen LogP contribution in [-0.2, 0) is 21.4 Å². The van der Waals surface area contributed by atoms with Crippen LogP contribution in [-0.4, -0.2) is 78.8 Å². The number of amides is 1. The Kier molecular flexibility index (Phi) is 7.20. The minimum Gasteiger partial charge on any atom is -0.356 e. The average Bonchev–Trinajstić information content (AvgIpc) is 3.12. The van der Waals surface area contributed by atoms with Gasteiger partial charge in [0.05, 0.1) is 17.0 Å². The first-order valence-corrected chi connectivity index (χ1v) is 11.6. The van der Waals surface area contributed by atoms with Crippen molar-refractivity contribution in [1.29, 1.82) is 0 Å². The van der Waals surface area contributed by atoms with Gasteiger partial charge in [-0.3, -0.25) is 4.79 Å². The molecule has 0 atom stereocenters. The number of piperidine rings is 1. The predicted octanol–water partition coefficient (Wildman–Crippen LogP) is 1.06. The topological polar surface area (TPSA) is 100 Å². The van der Waals surface area contributed by atoms with Gasteiger partial charge in [-0.05, 0) is 57.1 Å². The Morgan fingerprint density at radius 3 is 2.66 bits per heavy atom. The minimum absolute atomic E-state index is 0.0147. The molecule has 3 rings (SSSR count). The number of nitrogens with one attached hydrogen (secondary N) is 1. The highest BCUT2D eigenvalue weighted by atomic mass is 32.2. The largest absolute Gasteiger partial charge is 0.356 e. The molecule has 0 unspecified atom stereocenters. The summed E-state index contributed by atoms with van der Waals surface area (Å²) in [5.74, 6) is -0.0147. The van der Waals surface area contributed by atoms with E-state index in [0.717, 1.165) is 17.3 Å². The highest BCUT2D eigenvalue weighted by molar-refractivity contribution is 7.89. The van der Waals surface area contributed by atoms with Gasteiger partial charge in [0.15, 0.2) is 0 Å². The summed E-state index contributed by atoms with van der Waals surface area (Å²) in [5, 5.41) is 11.1. The van der Waals surface area contributed by atoms with Crippen molar-refractivity contribution in [2.75, 3.05) is 40.3 Å². The highest BCUT2D eigenvalue weighted by Crippen LogP contribution is 2.19. The molecule has 0 saturated carbocycles. The maximum atomic E-state index is 12.2. The van der Waals surface area contributed by atoms with Gasteiger partial charge in [0.2, 0.25) is 15.9 Å². The maximum Gasteiger partial charge on any atom is 0.242 e. The molecule has 9 nitrogen and oxygen atoms in total. The predicted molar refractivity (Wildman–Crippen MR) is 111 cm³/mol. The van der Waals surface area contributed by atoms with Crippen molar-refractivity contribution in [3.63, 3.8) is 0 Å². The molecule has 2 heterocycles. The SMILES string of the molecule is CN(C)S(=O)(=O)c1ccc2c(c1)nnn2CCC(=O)NCCCN1CCCCC1. The monoisotopic (exact) mass is 422 g/mol. The van der Waals surface area contributed by atoms with Crippen LogP contribution in [0, 0.1) is 0 Å². The van der Waals surface area contributed by atoms with Crippen molar-refractivity contribution in [2.24, 2.45) is 0 Å². The first kappa shape index (κ1) is 21.7. The molecule has 1 aromatic carbocycles. The van der Waals surface area contributed by atoms with Gasteiger partial charge in [-0.25, -0.2) is 17.4 Å². The summed E-state index contributed by atoms with van der Waals surface area (Å²) in [6, 6.07) is 4.73. The standard InChI is InChI=1S/C19H30N6O3S/c1-23(2)29(27,28)16-7-8-18-17(15-16)21-22-25(18)14-9-19(26)20-10-6-13-24-11-4-3-5-12-24/h7-8,15H,3-6,9-14H2,1-2H3,(H,20,26). The zero-order valence-corrected chi connectivity index (χ0v) is 18.0. The Bertz CT molecular complexity index is 935. The minimum atomic E-state index is -3.52. The molecule has 0 spiro atoms. The van der Waals surface area contributed by atoms with E-state index < -0.39 is 10.0 Å². The number of benzene rings is 1. The van der Waals surface area contributed by atoms with Gasteiger partial charge >= 0.3 is 0 Å². The Balaban J connectivity index is 1.48. The van der Waals surface area contributed by atoms with Gasteiger partial charge in [-0.2, -0.15) is 0 Å². The fraction of sp³-hybridized carbons (Fsp3) is 0.632. The van der Waals surface area contributed by atoms with Crippen molar-refractivity contribution in [3.05, 3.63) is 18.2 Å². The summed E-state index contributed by atoms with van der Waals surface area (Å²) in [4.78, 5) is 14.7. The van der Waals surface area contributed by atoms with E-state index in [2.05, 4.69) is 20.5 Å². The Morgan fingerprint density at radius 2 is 1.93 bits per heavy atom. The highest BCUT2D eigenvalue weighted by Gasteiger charge is 2.19. The van der Waals surface area contributed by atoms with Crippen LogP contribution in [0.15, 0.2) is 23.1 Å². The fourth-order valence-corrected chi connectivity index (χ4v) is 4.42. The number of likely N-dealkylation sites (tertiary alicyclic amines) is 1. The maximum absolute atomic E-state index is 12.2. The van der Waals surface area contributed by atoms with Gasteiger partial charge in [0, 0.05) is 27.1 Å². The van der Waals surface area contributed by atoms with Crippen LogP contribution in [0.25, 0.3) is 11.0 Å². The lowest BCUT2D eigenvalue weighted by molar-refractivity contribution is -0.121. The van der Waals surface area contributed by atoms with E-state index in [1.165, 1.54) is 58.6 Å². The molecule has 1 amide bonds. The summed E-state index contributed by atoms with van der Waals surface area (Å²) in [6.45, 7) is 4.45. The molecular formula is C19H30N6O3S. The molecule has 10 heteroatoms. The number of carbonyl (C=O) groups excluding carboxylic acids is 1. The van der Waals surface area contributed by atoms with Crippen molar-refractivity contribution in [1.82, 2.24) is 29.5 Å². The van der Waals surface area contributed by atoms with Crippen molar-refractivity contribution in [3.8, 4) is 0 Å².